The Morgan fingerprint density at radius 1 is 1.04 bits per heavy atom. The first-order chi connectivity index (χ1) is 12.6. The van der Waals surface area contributed by atoms with E-state index >= 15 is 0 Å². The average Bonchev–Trinajstić information content (AvgIpc) is 2.65. The van der Waals surface area contributed by atoms with Crippen molar-refractivity contribution in [3.8, 4) is 5.75 Å². The summed E-state index contributed by atoms with van der Waals surface area (Å²) in [6.45, 7) is 2.50. The van der Waals surface area contributed by atoms with Crippen molar-refractivity contribution < 1.29 is 19.1 Å². The Bertz CT molecular complexity index is 725. The van der Waals surface area contributed by atoms with Crippen molar-refractivity contribution in [3.05, 3.63) is 65.2 Å². The quantitative estimate of drug-likeness (QED) is 0.555. The Hall–Kier alpha value is -2.82. The van der Waals surface area contributed by atoms with Gasteiger partial charge >= 0.3 is 5.97 Å². The molecule has 0 bridgehead atoms. The van der Waals surface area contributed by atoms with Crippen LogP contribution in [0.25, 0.3) is 0 Å². The number of amides is 1. The largest absolute Gasteiger partial charge is 0.496 e. The molecule has 138 valence electrons. The van der Waals surface area contributed by atoms with Gasteiger partial charge in [0, 0.05) is 12.0 Å². The summed E-state index contributed by atoms with van der Waals surface area (Å²) < 4.78 is 10.4. The molecule has 0 aliphatic heterocycles. The van der Waals surface area contributed by atoms with Gasteiger partial charge in [-0.2, -0.15) is 0 Å². The molecule has 2 rings (SSSR count). The van der Waals surface area contributed by atoms with Gasteiger partial charge in [-0.15, -0.1) is 0 Å². The molecule has 0 saturated heterocycles. The number of carbonyl (C=O) groups excluding carboxylic acids is 2. The number of carbonyl (C=O) groups is 2. The third-order valence-electron chi connectivity index (χ3n) is 3.98. The molecule has 2 aromatic rings. The van der Waals surface area contributed by atoms with Crippen LogP contribution in [0.2, 0.25) is 0 Å². The molecule has 0 fully saturated rings. The zero-order valence-electron chi connectivity index (χ0n) is 15.3. The number of para-hydroxylation sites is 1. The predicted octanol–water partition coefficient (Wildman–Crippen LogP) is 2.84. The van der Waals surface area contributed by atoms with E-state index in [2.05, 4.69) is 5.32 Å². The van der Waals surface area contributed by atoms with Crippen LogP contribution in [-0.2, 0) is 27.2 Å². The Kier molecular flexibility index (Phi) is 7.68. The van der Waals surface area contributed by atoms with Crippen LogP contribution in [0.4, 0.5) is 0 Å². The first-order valence-corrected chi connectivity index (χ1v) is 8.68. The number of benzene rings is 2. The van der Waals surface area contributed by atoms with Crippen molar-refractivity contribution in [1.82, 2.24) is 5.32 Å². The van der Waals surface area contributed by atoms with E-state index in [1.807, 2.05) is 49.4 Å². The summed E-state index contributed by atoms with van der Waals surface area (Å²) in [6, 6.07) is 15.5. The second-order valence-corrected chi connectivity index (χ2v) is 6.04. The Morgan fingerprint density at radius 2 is 1.77 bits per heavy atom. The van der Waals surface area contributed by atoms with Crippen LogP contribution in [0.5, 0.6) is 5.75 Å². The maximum absolute atomic E-state index is 11.9. The molecule has 2 aromatic carbocycles. The molecule has 0 unspecified atom stereocenters. The van der Waals surface area contributed by atoms with Gasteiger partial charge in [0.05, 0.1) is 20.1 Å². The second-order valence-electron chi connectivity index (χ2n) is 6.04. The van der Waals surface area contributed by atoms with E-state index < -0.39 is 0 Å². The molecular weight excluding hydrogens is 330 g/mol. The van der Waals surface area contributed by atoms with Crippen LogP contribution in [-0.4, -0.2) is 32.1 Å². The maximum Gasteiger partial charge on any atom is 0.310 e. The summed E-state index contributed by atoms with van der Waals surface area (Å²) in [5.41, 5.74) is 3.12. The number of esters is 1. The van der Waals surface area contributed by atoms with Crippen LogP contribution >= 0.6 is 0 Å². The summed E-state index contributed by atoms with van der Waals surface area (Å²) >= 11 is 0. The minimum Gasteiger partial charge on any atom is -0.496 e. The number of hydrogen-bond donors (Lipinski definition) is 1. The molecule has 0 spiro atoms. The van der Waals surface area contributed by atoms with Crippen molar-refractivity contribution in [2.75, 3.05) is 20.3 Å². The fraction of sp³-hybridized carbons (Fsp3) is 0.333. The van der Waals surface area contributed by atoms with Gasteiger partial charge in [-0.1, -0.05) is 48.0 Å². The summed E-state index contributed by atoms with van der Waals surface area (Å²) in [4.78, 5) is 23.7. The van der Waals surface area contributed by atoms with Crippen molar-refractivity contribution in [2.45, 2.75) is 26.2 Å². The van der Waals surface area contributed by atoms with Gasteiger partial charge in [0.2, 0.25) is 5.91 Å². The highest BCUT2D eigenvalue weighted by atomic mass is 16.5. The maximum atomic E-state index is 11.9. The molecule has 5 nitrogen and oxygen atoms in total. The Balaban J connectivity index is 1.62. The lowest BCUT2D eigenvalue weighted by Gasteiger charge is -2.09. The fourth-order valence-electron chi connectivity index (χ4n) is 2.51. The minimum atomic E-state index is -0.344. The number of methoxy groups -OCH3 is 1. The van der Waals surface area contributed by atoms with Crippen LogP contribution in [0.15, 0.2) is 48.5 Å². The number of nitrogens with one attached hydrogen (secondary N) is 1. The van der Waals surface area contributed by atoms with Crippen LogP contribution in [0.1, 0.15) is 23.1 Å². The zero-order valence-corrected chi connectivity index (χ0v) is 15.3. The minimum absolute atomic E-state index is 0.0497. The Morgan fingerprint density at radius 3 is 2.50 bits per heavy atom. The number of aryl methyl sites for hydroxylation is 2. The molecule has 5 heteroatoms. The second kappa shape index (κ2) is 10.2. The lowest BCUT2D eigenvalue weighted by Crippen LogP contribution is -2.28. The van der Waals surface area contributed by atoms with Gasteiger partial charge in [-0.25, -0.2) is 0 Å². The van der Waals surface area contributed by atoms with Crippen molar-refractivity contribution in [2.24, 2.45) is 0 Å². The number of rotatable bonds is 9. The van der Waals surface area contributed by atoms with Gasteiger partial charge in [-0.3, -0.25) is 9.59 Å². The van der Waals surface area contributed by atoms with Gasteiger partial charge in [-0.05, 0) is 25.0 Å². The summed E-state index contributed by atoms with van der Waals surface area (Å²) in [7, 11) is 1.57. The van der Waals surface area contributed by atoms with E-state index in [0.717, 1.165) is 11.1 Å². The highest BCUT2D eigenvalue weighted by Crippen LogP contribution is 2.17. The molecular formula is C21H25NO4. The molecule has 26 heavy (non-hydrogen) atoms. The predicted molar refractivity (Wildman–Crippen MR) is 100 cm³/mol. The zero-order chi connectivity index (χ0) is 18.8. The summed E-state index contributed by atoms with van der Waals surface area (Å²) in [6.07, 6.45) is 1.25. The van der Waals surface area contributed by atoms with Gasteiger partial charge in [0.1, 0.15) is 12.4 Å². The third-order valence-corrected chi connectivity index (χ3v) is 3.98. The van der Waals surface area contributed by atoms with Crippen LogP contribution < -0.4 is 10.1 Å². The molecule has 0 aliphatic rings. The topological polar surface area (TPSA) is 64.6 Å². The van der Waals surface area contributed by atoms with Crippen LogP contribution in [0, 0.1) is 6.92 Å². The summed E-state index contributed by atoms with van der Waals surface area (Å²) in [5, 5.41) is 2.77. The number of hydrogen-bond acceptors (Lipinski definition) is 4. The molecule has 0 atom stereocenters. The highest BCUT2D eigenvalue weighted by Gasteiger charge is 2.09. The van der Waals surface area contributed by atoms with E-state index in [1.165, 1.54) is 5.56 Å². The van der Waals surface area contributed by atoms with E-state index in [4.69, 9.17) is 9.47 Å². The van der Waals surface area contributed by atoms with Gasteiger partial charge in [0.25, 0.3) is 0 Å². The van der Waals surface area contributed by atoms with Crippen LogP contribution in [0.3, 0.4) is 0 Å². The lowest BCUT2D eigenvalue weighted by atomic mass is 10.1. The third kappa shape index (κ3) is 6.59. The molecule has 1 amide bonds. The SMILES string of the molecule is COc1ccccc1CC(=O)OCCNC(=O)CCc1ccc(C)cc1. The van der Waals surface area contributed by atoms with Crippen molar-refractivity contribution in [3.63, 3.8) is 0 Å². The van der Waals surface area contributed by atoms with E-state index in [1.54, 1.807) is 13.2 Å². The molecule has 0 radical (unpaired) electrons. The summed E-state index contributed by atoms with van der Waals surface area (Å²) in [5.74, 6) is 0.267. The normalized spacial score (nSPS) is 10.2. The van der Waals surface area contributed by atoms with Gasteiger partial charge < -0.3 is 14.8 Å². The monoisotopic (exact) mass is 355 g/mol. The molecule has 1 N–H and O–H groups in total. The van der Waals surface area contributed by atoms with Crippen molar-refractivity contribution >= 4 is 11.9 Å². The smallest absolute Gasteiger partial charge is 0.310 e. The molecule has 0 aliphatic carbocycles. The van der Waals surface area contributed by atoms with Crippen molar-refractivity contribution in [1.29, 1.82) is 0 Å². The molecule has 0 saturated carbocycles. The average molecular weight is 355 g/mol. The highest BCUT2D eigenvalue weighted by molar-refractivity contribution is 5.76. The van der Waals surface area contributed by atoms with E-state index in [0.29, 0.717) is 25.1 Å². The fourth-order valence-corrected chi connectivity index (χ4v) is 2.51. The lowest BCUT2D eigenvalue weighted by molar-refractivity contribution is -0.143. The first-order valence-electron chi connectivity index (χ1n) is 8.68. The standard InChI is InChI=1S/C21H25NO4/c1-16-7-9-17(10-8-16)11-12-20(23)22-13-14-26-21(24)15-18-5-3-4-6-19(18)25-2/h3-10H,11-15H2,1-2H3,(H,22,23). The Labute approximate surface area is 154 Å². The molecule has 0 aromatic heterocycles. The number of ether oxygens (including phenoxy) is 2. The molecule has 0 heterocycles. The van der Waals surface area contributed by atoms with E-state index in [9.17, 15) is 9.59 Å². The van der Waals surface area contributed by atoms with Gasteiger partial charge in [0.15, 0.2) is 0 Å². The van der Waals surface area contributed by atoms with E-state index in [-0.39, 0.29) is 24.9 Å². The first kappa shape index (κ1) is 19.5.